The number of phenolic OH excluding ortho intramolecular Hbond substituents is 1. The molecule has 1 aromatic heterocycles. The number of hydrogen-bond donors (Lipinski definition) is 1. The molecule has 1 N–H and O–H groups in total. The minimum Gasteiger partial charge on any atom is -0.508 e. The maximum Gasteiger partial charge on any atom is 0.228 e. The van der Waals surface area contributed by atoms with Crippen molar-refractivity contribution >= 4 is 29.0 Å². The first-order valence-corrected chi connectivity index (χ1v) is 11.4. The summed E-state index contributed by atoms with van der Waals surface area (Å²) in [6, 6.07) is 7.32. The van der Waals surface area contributed by atoms with Gasteiger partial charge in [0.15, 0.2) is 0 Å². The van der Waals surface area contributed by atoms with Gasteiger partial charge < -0.3 is 19.6 Å². The van der Waals surface area contributed by atoms with E-state index in [2.05, 4.69) is 16.7 Å². The molecule has 0 aliphatic carbocycles. The molecule has 2 aliphatic heterocycles. The lowest BCUT2D eigenvalue weighted by Gasteiger charge is -2.28. The van der Waals surface area contributed by atoms with Crippen molar-refractivity contribution in [2.45, 2.75) is 45.4 Å². The molecule has 0 radical (unpaired) electrons. The second-order valence-electron chi connectivity index (χ2n) is 7.93. The molecule has 2 aliphatic rings. The van der Waals surface area contributed by atoms with E-state index in [-0.39, 0.29) is 5.75 Å². The summed E-state index contributed by atoms with van der Waals surface area (Å²) in [6.07, 6.45) is 6.60. The minimum absolute atomic E-state index is 0.245. The van der Waals surface area contributed by atoms with Crippen LogP contribution in [0, 0.1) is 0 Å². The van der Waals surface area contributed by atoms with Gasteiger partial charge in [0.25, 0.3) is 0 Å². The summed E-state index contributed by atoms with van der Waals surface area (Å²) < 4.78 is 5.51. The number of fused-ring (bicyclic) bond motifs is 1. The largest absolute Gasteiger partial charge is 0.508 e. The van der Waals surface area contributed by atoms with Crippen LogP contribution in [0.3, 0.4) is 0 Å². The van der Waals surface area contributed by atoms with Crippen LogP contribution in [0.4, 0.5) is 11.8 Å². The Kier molecular flexibility index (Phi) is 6.79. The Labute approximate surface area is 183 Å². The molecule has 160 valence electrons. The van der Waals surface area contributed by atoms with E-state index in [1.54, 1.807) is 12.1 Å². The average molecular weight is 427 g/mol. The van der Waals surface area contributed by atoms with Gasteiger partial charge >= 0.3 is 0 Å². The van der Waals surface area contributed by atoms with Crippen LogP contribution in [0.2, 0.25) is 0 Å². The number of rotatable bonds is 7. The van der Waals surface area contributed by atoms with Crippen molar-refractivity contribution in [2.24, 2.45) is 0 Å². The van der Waals surface area contributed by atoms with E-state index >= 15 is 0 Å². The number of benzene rings is 1. The van der Waals surface area contributed by atoms with Gasteiger partial charge in [-0.3, -0.25) is 0 Å². The predicted molar refractivity (Wildman–Crippen MR) is 125 cm³/mol. The zero-order valence-corrected chi connectivity index (χ0v) is 18.5. The Morgan fingerprint density at radius 2 is 1.97 bits per heavy atom. The van der Waals surface area contributed by atoms with Gasteiger partial charge in [-0.2, -0.15) is 4.98 Å². The molecule has 0 atom stereocenters. The smallest absolute Gasteiger partial charge is 0.228 e. The maximum atomic E-state index is 10.0. The standard InChI is InChI=1S/C23H30N4O2S/c1-2-3-4-5-9-20(30)27-11-10-19-21(17-7-6-8-18(28)16-17)24-23(25-22(19)27)26-12-14-29-15-13-26/h6-8,16,28H,2-5,9-15H2,1H3. The molecule has 0 bridgehead atoms. The van der Waals surface area contributed by atoms with Crippen LogP contribution >= 0.6 is 12.2 Å². The van der Waals surface area contributed by atoms with E-state index in [0.717, 1.165) is 72.5 Å². The van der Waals surface area contributed by atoms with Crippen LogP contribution in [0.5, 0.6) is 5.75 Å². The molecule has 0 spiro atoms. The number of phenols is 1. The normalized spacial score (nSPS) is 16.0. The third-order valence-electron chi connectivity index (χ3n) is 5.77. The molecule has 1 aromatic carbocycles. The van der Waals surface area contributed by atoms with Crippen molar-refractivity contribution in [3.8, 4) is 17.0 Å². The number of ether oxygens (including phenoxy) is 1. The number of aromatic hydroxyl groups is 1. The van der Waals surface area contributed by atoms with E-state index in [1.165, 1.54) is 19.3 Å². The van der Waals surface area contributed by atoms with Gasteiger partial charge in [0.05, 0.1) is 23.9 Å². The number of morpholine rings is 1. The average Bonchev–Trinajstić information content (AvgIpc) is 3.21. The highest BCUT2D eigenvalue weighted by Crippen LogP contribution is 2.37. The van der Waals surface area contributed by atoms with E-state index in [1.807, 2.05) is 12.1 Å². The second-order valence-corrected chi connectivity index (χ2v) is 8.40. The lowest BCUT2D eigenvalue weighted by molar-refractivity contribution is 0.122. The van der Waals surface area contributed by atoms with Crippen molar-refractivity contribution < 1.29 is 9.84 Å². The summed E-state index contributed by atoms with van der Waals surface area (Å²) >= 11 is 5.81. The molecule has 4 rings (SSSR count). The first-order valence-electron chi connectivity index (χ1n) is 11.0. The Morgan fingerprint density at radius 1 is 1.13 bits per heavy atom. The number of hydrogen-bond acceptors (Lipinski definition) is 6. The van der Waals surface area contributed by atoms with Crippen LogP contribution in [0.25, 0.3) is 11.3 Å². The number of anilines is 2. The summed E-state index contributed by atoms with van der Waals surface area (Å²) in [4.78, 5) is 15.3. The number of nitrogens with zero attached hydrogens (tertiary/aromatic N) is 4. The van der Waals surface area contributed by atoms with E-state index in [9.17, 15) is 5.11 Å². The second kappa shape index (κ2) is 9.71. The molecule has 1 fully saturated rings. The van der Waals surface area contributed by atoms with Crippen molar-refractivity contribution in [1.29, 1.82) is 0 Å². The Hall–Kier alpha value is -2.25. The maximum absolute atomic E-state index is 10.0. The first kappa shape index (κ1) is 21.0. The van der Waals surface area contributed by atoms with Crippen LogP contribution in [-0.4, -0.2) is 52.9 Å². The highest BCUT2D eigenvalue weighted by atomic mass is 32.1. The Bertz CT molecular complexity index is 899. The van der Waals surface area contributed by atoms with Gasteiger partial charge in [0.2, 0.25) is 5.95 Å². The molecule has 6 nitrogen and oxygen atoms in total. The molecule has 1 saturated heterocycles. The van der Waals surface area contributed by atoms with Gasteiger partial charge in [0, 0.05) is 30.8 Å². The topological polar surface area (TPSA) is 61.7 Å². The quantitative estimate of drug-likeness (QED) is 0.522. The number of unbranched alkanes of at least 4 members (excludes halogenated alkanes) is 3. The lowest BCUT2D eigenvalue weighted by Crippen LogP contribution is -2.38. The highest BCUT2D eigenvalue weighted by molar-refractivity contribution is 7.80. The third-order valence-corrected chi connectivity index (χ3v) is 6.20. The molecule has 0 unspecified atom stereocenters. The minimum atomic E-state index is 0.245. The zero-order chi connectivity index (χ0) is 20.9. The monoisotopic (exact) mass is 426 g/mol. The summed E-state index contributed by atoms with van der Waals surface area (Å²) in [5, 5.41) is 10.0. The molecule has 0 amide bonds. The van der Waals surface area contributed by atoms with E-state index < -0.39 is 0 Å². The third kappa shape index (κ3) is 4.57. The lowest BCUT2D eigenvalue weighted by atomic mass is 10.1. The fraction of sp³-hybridized carbons (Fsp3) is 0.522. The van der Waals surface area contributed by atoms with Crippen LogP contribution in [0.15, 0.2) is 24.3 Å². The molecule has 0 saturated carbocycles. The molecule has 7 heteroatoms. The predicted octanol–water partition coefficient (Wildman–Crippen LogP) is 4.35. The summed E-state index contributed by atoms with van der Waals surface area (Å²) in [6.45, 7) is 5.99. The van der Waals surface area contributed by atoms with E-state index in [0.29, 0.717) is 13.2 Å². The van der Waals surface area contributed by atoms with Crippen LogP contribution in [0.1, 0.15) is 44.6 Å². The fourth-order valence-electron chi connectivity index (χ4n) is 4.12. The SMILES string of the molecule is CCCCCCC(=S)N1CCc2c(-c3cccc(O)c3)nc(N3CCOCC3)nc21. The molecule has 2 aromatic rings. The van der Waals surface area contributed by atoms with Crippen molar-refractivity contribution in [3.05, 3.63) is 29.8 Å². The van der Waals surface area contributed by atoms with E-state index in [4.69, 9.17) is 26.9 Å². The van der Waals surface area contributed by atoms with Crippen LogP contribution in [-0.2, 0) is 11.2 Å². The van der Waals surface area contributed by atoms with Crippen molar-refractivity contribution in [1.82, 2.24) is 9.97 Å². The summed E-state index contributed by atoms with van der Waals surface area (Å²) in [5.41, 5.74) is 2.93. The van der Waals surface area contributed by atoms with Gasteiger partial charge in [-0.15, -0.1) is 0 Å². The Morgan fingerprint density at radius 3 is 2.73 bits per heavy atom. The molecular weight excluding hydrogens is 396 g/mol. The van der Waals surface area contributed by atoms with Gasteiger partial charge in [-0.25, -0.2) is 4.98 Å². The van der Waals surface area contributed by atoms with Crippen molar-refractivity contribution in [3.63, 3.8) is 0 Å². The number of thiocarbonyl (C=S) groups is 1. The van der Waals surface area contributed by atoms with Crippen LogP contribution < -0.4 is 9.80 Å². The molecular formula is C23H30N4O2S. The number of aromatic nitrogens is 2. The fourth-order valence-corrected chi connectivity index (χ4v) is 4.44. The van der Waals surface area contributed by atoms with Crippen molar-refractivity contribution in [2.75, 3.05) is 42.6 Å². The summed E-state index contributed by atoms with van der Waals surface area (Å²) in [7, 11) is 0. The molecule has 30 heavy (non-hydrogen) atoms. The van der Waals surface area contributed by atoms with Gasteiger partial charge in [-0.05, 0) is 31.4 Å². The highest BCUT2D eigenvalue weighted by Gasteiger charge is 2.30. The Balaban J connectivity index is 1.68. The zero-order valence-electron chi connectivity index (χ0n) is 17.6. The molecule has 3 heterocycles. The van der Waals surface area contributed by atoms with Gasteiger partial charge in [0.1, 0.15) is 11.6 Å². The summed E-state index contributed by atoms with van der Waals surface area (Å²) in [5.74, 6) is 1.90. The first-order chi connectivity index (χ1) is 14.7. The van der Waals surface area contributed by atoms with Gasteiger partial charge in [-0.1, -0.05) is 50.5 Å².